The van der Waals surface area contributed by atoms with E-state index in [1.165, 1.54) is 6.07 Å². The van der Waals surface area contributed by atoms with Crippen molar-refractivity contribution < 1.29 is 33.4 Å². The van der Waals surface area contributed by atoms with E-state index in [-0.39, 0.29) is 17.9 Å². The third kappa shape index (κ3) is 5.07. The van der Waals surface area contributed by atoms with Crippen molar-refractivity contribution in [2.45, 2.75) is 44.9 Å². The van der Waals surface area contributed by atoms with Gasteiger partial charge in [0.1, 0.15) is 23.2 Å². The summed E-state index contributed by atoms with van der Waals surface area (Å²) in [5.74, 6) is -2.30. The van der Waals surface area contributed by atoms with Crippen LogP contribution in [0.1, 0.15) is 27.2 Å². The van der Waals surface area contributed by atoms with Crippen LogP contribution < -0.4 is 15.4 Å². The largest absolute Gasteiger partial charge is 0.480 e. The summed E-state index contributed by atoms with van der Waals surface area (Å²) in [5, 5.41) is 13.9. The third-order valence-electron chi connectivity index (χ3n) is 3.20. The molecule has 0 radical (unpaired) electrons. The van der Waals surface area contributed by atoms with Crippen molar-refractivity contribution in [3.63, 3.8) is 0 Å². The summed E-state index contributed by atoms with van der Waals surface area (Å²) in [4.78, 5) is 35.2. The van der Waals surface area contributed by atoms with Gasteiger partial charge in [-0.1, -0.05) is 0 Å². The van der Waals surface area contributed by atoms with Gasteiger partial charge in [0, 0.05) is 12.5 Å². The van der Waals surface area contributed by atoms with Gasteiger partial charge in [0.2, 0.25) is 0 Å². The van der Waals surface area contributed by atoms with Gasteiger partial charge in [-0.15, -0.1) is 0 Å². The van der Waals surface area contributed by atoms with Crippen molar-refractivity contribution in [3.05, 3.63) is 24.0 Å². The zero-order valence-corrected chi connectivity index (χ0v) is 14.0. The van der Waals surface area contributed by atoms with Crippen LogP contribution in [-0.2, 0) is 14.3 Å². The van der Waals surface area contributed by atoms with E-state index in [1.807, 2.05) is 0 Å². The Hall–Kier alpha value is -2.84. The van der Waals surface area contributed by atoms with Gasteiger partial charge in [-0.2, -0.15) is 0 Å². The number of fused-ring (bicyclic) bond motifs is 1. The maximum atomic E-state index is 13.2. The Morgan fingerprint density at radius 1 is 1.44 bits per heavy atom. The molecule has 2 rings (SSSR count). The lowest BCUT2D eigenvalue weighted by Crippen LogP contribution is -2.48. The lowest BCUT2D eigenvalue weighted by molar-refractivity contribution is -0.140. The summed E-state index contributed by atoms with van der Waals surface area (Å²) in [6.45, 7) is 4.91. The number of amides is 2. The molecule has 0 saturated heterocycles. The predicted molar refractivity (Wildman–Crippen MR) is 84.9 cm³/mol. The molecule has 136 valence electrons. The second-order valence-electron chi connectivity index (χ2n) is 6.51. The molecule has 0 unspecified atom stereocenters. The molecule has 2 amide bonds. The number of carbonyl (C=O) groups excluding carboxylic acids is 2. The number of nitrogens with one attached hydrogen (secondary N) is 2. The molecule has 2 atom stereocenters. The quantitative estimate of drug-likeness (QED) is 0.761. The first-order valence-corrected chi connectivity index (χ1v) is 7.54. The topological polar surface area (TPSA) is 114 Å². The van der Waals surface area contributed by atoms with Gasteiger partial charge in [-0.05, 0) is 32.9 Å². The first kappa shape index (κ1) is 18.5. The van der Waals surface area contributed by atoms with E-state index in [0.717, 1.165) is 12.1 Å². The number of carbonyl (C=O) groups is 3. The second kappa shape index (κ2) is 6.96. The number of hydrogen-bond donors (Lipinski definition) is 3. The molecule has 0 fully saturated rings. The molecule has 0 saturated carbocycles. The standard InChI is InChI=1S/C16H19FN2O6/c1-16(2,3)25-15(23)19-10(14(21)22)7-12-13(20)18-9-6-8(17)4-5-11(9)24-12/h4-6,10,12H,7H2,1-3H3,(H,18,20)(H,19,23)(H,21,22)/t10-,12-/m0/s1. The predicted octanol–water partition coefficient (Wildman–Crippen LogP) is 1.89. The van der Waals surface area contributed by atoms with Crippen LogP contribution >= 0.6 is 0 Å². The Kier molecular flexibility index (Phi) is 5.15. The van der Waals surface area contributed by atoms with Gasteiger partial charge in [0.05, 0.1) is 5.69 Å². The Morgan fingerprint density at radius 3 is 2.72 bits per heavy atom. The summed E-state index contributed by atoms with van der Waals surface area (Å²) in [5.41, 5.74) is -0.636. The molecule has 1 aromatic rings. The van der Waals surface area contributed by atoms with Crippen LogP contribution in [0.25, 0.3) is 0 Å². The van der Waals surface area contributed by atoms with E-state index in [0.29, 0.717) is 0 Å². The fraction of sp³-hybridized carbons (Fsp3) is 0.438. The smallest absolute Gasteiger partial charge is 0.408 e. The number of aliphatic carboxylic acids is 1. The number of anilines is 1. The van der Waals surface area contributed by atoms with Crippen molar-refractivity contribution >= 4 is 23.7 Å². The van der Waals surface area contributed by atoms with Gasteiger partial charge in [0.15, 0.2) is 6.10 Å². The van der Waals surface area contributed by atoms with Crippen molar-refractivity contribution in [1.29, 1.82) is 0 Å². The minimum Gasteiger partial charge on any atom is -0.480 e. The fourth-order valence-corrected chi connectivity index (χ4v) is 2.16. The number of rotatable bonds is 4. The summed E-state index contributed by atoms with van der Waals surface area (Å²) >= 11 is 0. The van der Waals surface area contributed by atoms with E-state index in [2.05, 4.69) is 10.6 Å². The van der Waals surface area contributed by atoms with E-state index in [4.69, 9.17) is 9.47 Å². The highest BCUT2D eigenvalue weighted by molar-refractivity contribution is 5.98. The number of benzene rings is 1. The second-order valence-corrected chi connectivity index (χ2v) is 6.51. The van der Waals surface area contributed by atoms with Gasteiger partial charge >= 0.3 is 12.1 Å². The van der Waals surface area contributed by atoms with Crippen LogP contribution in [-0.4, -0.2) is 40.8 Å². The van der Waals surface area contributed by atoms with Crippen LogP contribution in [0.5, 0.6) is 5.75 Å². The molecular formula is C16H19FN2O6. The highest BCUT2D eigenvalue weighted by Crippen LogP contribution is 2.31. The van der Waals surface area contributed by atoms with Crippen LogP contribution in [0.15, 0.2) is 18.2 Å². The SMILES string of the molecule is CC(C)(C)OC(=O)N[C@@H](C[C@@H]1Oc2ccc(F)cc2NC1=O)C(=O)O. The highest BCUT2D eigenvalue weighted by Gasteiger charge is 2.34. The molecular weight excluding hydrogens is 335 g/mol. The molecule has 1 aliphatic rings. The summed E-state index contributed by atoms with van der Waals surface area (Å²) in [6.07, 6.45) is -2.40. The lowest BCUT2D eigenvalue weighted by atomic mass is 10.1. The minimum atomic E-state index is -1.40. The van der Waals surface area contributed by atoms with Gasteiger partial charge in [-0.25, -0.2) is 14.0 Å². The van der Waals surface area contributed by atoms with Crippen molar-refractivity contribution in [2.24, 2.45) is 0 Å². The third-order valence-corrected chi connectivity index (χ3v) is 3.20. The summed E-state index contributed by atoms with van der Waals surface area (Å²) in [7, 11) is 0. The van der Waals surface area contributed by atoms with Crippen molar-refractivity contribution in [2.75, 3.05) is 5.32 Å². The average Bonchev–Trinajstić information content (AvgIpc) is 2.45. The number of hydrogen-bond acceptors (Lipinski definition) is 5. The van der Waals surface area contributed by atoms with E-state index >= 15 is 0 Å². The molecule has 0 bridgehead atoms. The maximum absolute atomic E-state index is 13.2. The van der Waals surface area contributed by atoms with Crippen LogP contribution in [0.2, 0.25) is 0 Å². The number of alkyl carbamates (subject to hydrolysis) is 1. The molecule has 0 spiro atoms. The summed E-state index contributed by atoms with van der Waals surface area (Å²) < 4.78 is 23.6. The molecule has 1 aromatic carbocycles. The molecule has 1 aliphatic heterocycles. The van der Waals surface area contributed by atoms with Gasteiger partial charge in [-0.3, -0.25) is 4.79 Å². The van der Waals surface area contributed by atoms with Crippen LogP contribution in [0.3, 0.4) is 0 Å². The van der Waals surface area contributed by atoms with E-state index < -0.39 is 41.5 Å². The Labute approximate surface area is 143 Å². The number of ether oxygens (including phenoxy) is 2. The fourth-order valence-electron chi connectivity index (χ4n) is 2.16. The molecule has 0 aliphatic carbocycles. The molecule has 0 aromatic heterocycles. The van der Waals surface area contributed by atoms with Gasteiger partial charge < -0.3 is 25.2 Å². The van der Waals surface area contributed by atoms with Crippen LogP contribution in [0.4, 0.5) is 14.9 Å². The molecule has 1 heterocycles. The molecule has 25 heavy (non-hydrogen) atoms. The average molecular weight is 354 g/mol. The van der Waals surface area contributed by atoms with E-state index in [1.54, 1.807) is 20.8 Å². The first-order chi connectivity index (χ1) is 11.5. The van der Waals surface area contributed by atoms with Crippen molar-refractivity contribution in [3.8, 4) is 5.75 Å². The number of carboxylic acids is 1. The van der Waals surface area contributed by atoms with Crippen molar-refractivity contribution in [1.82, 2.24) is 5.32 Å². The monoisotopic (exact) mass is 354 g/mol. The van der Waals surface area contributed by atoms with Gasteiger partial charge in [0.25, 0.3) is 5.91 Å². The molecule has 3 N–H and O–H groups in total. The zero-order valence-electron chi connectivity index (χ0n) is 14.0. The highest BCUT2D eigenvalue weighted by atomic mass is 19.1. The number of halogens is 1. The Balaban J connectivity index is 2.07. The Bertz CT molecular complexity index is 700. The Morgan fingerprint density at radius 2 is 2.12 bits per heavy atom. The lowest BCUT2D eigenvalue weighted by Gasteiger charge is -2.28. The molecule has 8 nitrogen and oxygen atoms in total. The molecule has 9 heteroatoms. The van der Waals surface area contributed by atoms with Crippen LogP contribution in [0, 0.1) is 5.82 Å². The van der Waals surface area contributed by atoms with E-state index in [9.17, 15) is 23.9 Å². The zero-order chi connectivity index (χ0) is 18.8. The number of carboxylic acid groups (broad SMARTS) is 1. The minimum absolute atomic E-state index is 0.160. The summed E-state index contributed by atoms with van der Waals surface area (Å²) in [6, 6.07) is 2.18. The maximum Gasteiger partial charge on any atom is 0.408 e. The first-order valence-electron chi connectivity index (χ1n) is 7.54. The normalized spacial score (nSPS) is 17.6.